The van der Waals surface area contributed by atoms with Gasteiger partial charge in [0, 0.05) is 36.9 Å². The van der Waals surface area contributed by atoms with E-state index in [0.29, 0.717) is 28.1 Å². The minimum Gasteiger partial charge on any atom is -0.309 e. The molecule has 1 saturated heterocycles. The number of anilines is 1. The SMILES string of the molecule is CC(C)(CC(=O)Nc1cc(-c2ccc(=O)n(C(F)F)c2)[nH]n1)CN1CCCC1. The molecule has 0 spiro atoms. The molecule has 0 bridgehead atoms. The molecule has 2 aromatic rings. The molecule has 0 atom stereocenters. The van der Waals surface area contributed by atoms with Gasteiger partial charge >= 0.3 is 6.55 Å². The summed E-state index contributed by atoms with van der Waals surface area (Å²) in [6, 6.07) is 4.06. The smallest absolute Gasteiger partial charge is 0.309 e. The first-order chi connectivity index (χ1) is 13.2. The first-order valence-corrected chi connectivity index (χ1v) is 9.32. The average molecular weight is 393 g/mol. The van der Waals surface area contributed by atoms with Crippen LogP contribution in [0.5, 0.6) is 0 Å². The Labute approximate surface area is 161 Å². The number of nitrogens with zero attached hydrogens (tertiary/aromatic N) is 3. The first-order valence-electron chi connectivity index (χ1n) is 9.32. The highest BCUT2D eigenvalue weighted by molar-refractivity contribution is 5.90. The Kier molecular flexibility index (Phi) is 5.93. The van der Waals surface area contributed by atoms with Gasteiger partial charge < -0.3 is 10.2 Å². The molecule has 28 heavy (non-hydrogen) atoms. The third-order valence-electron chi connectivity index (χ3n) is 4.79. The maximum Gasteiger partial charge on any atom is 0.321 e. The van der Waals surface area contributed by atoms with Crippen LogP contribution in [0.1, 0.15) is 39.7 Å². The van der Waals surface area contributed by atoms with Gasteiger partial charge in [-0.1, -0.05) is 13.8 Å². The molecular formula is C19H25F2N5O2. The van der Waals surface area contributed by atoms with Crippen LogP contribution < -0.4 is 10.9 Å². The summed E-state index contributed by atoms with van der Waals surface area (Å²) < 4.78 is 26.1. The summed E-state index contributed by atoms with van der Waals surface area (Å²) in [7, 11) is 0. The monoisotopic (exact) mass is 393 g/mol. The van der Waals surface area contributed by atoms with E-state index in [1.165, 1.54) is 18.9 Å². The van der Waals surface area contributed by atoms with E-state index in [1.807, 2.05) is 0 Å². The second-order valence-electron chi connectivity index (χ2n) is 7.98. The van der Waals surface area contributed by atoms with Crippen LogP contribution >= 0.6 is 0 Å². The number of carbonyl (C=O) groups is 1. The second kappa shape index (κ2) is 8.22. The van der Waals surface area contributed by atoms with Crippen molar-refractivity contribution in [2.24, 2.45) is 5.41 Å². The highest BCUT2D eigenvalue weighted by atomic mass is 19.3. The van der Waals surface area contributed by atoms with E-state index < -0.39 is 12.1 Å². The highest BCUT2D eigenvalue weighted by Crippen LogP contribution is 2.25. The first kappa shape index (κ1) is 20.2. The lowest BCUT2D eigenvalue weighted by Crippen LogP contribution is -2.35. The van der Waals surface area contributed by atoms with Gasteiger partial charge in [-0.25, -0.2) is 0 Å². The van der Waals surface area contributed by atoms with Crippen molar-refractivity contribution in [2.75, 3.05) is 25.0 Å². The normalized spacial score (nSPS) is 15.3. The fourth-order valence-electron chi connectivity index (χ4n) is 3.57. The van der Waals surface area contributed by atoms with Crippen LogP contribution in [-0.2, 0) is 4.79 Å². The molecule has 3 rings (SSSR count). The number of nitrogens with one attached hydrogen (secondary N) is 2. The quantitative estimate of drug-likeness (QED) is 0.757. The van der Waals surface area contributed by atoms with E-state index in [1.54, 1.807) is 6.07 Å². The Balaban J connectivity index is 1.63. The number of carbonyl (C=O) groups excluding carboxylic acids is 1. The van der Waals surface area contributed by atoms with E-state index in [0.717, 1.165) is 31.9 Å². The van der Waals surface area contributed by atoms with Crippen molar-refractivity contribution in [3.8, 4) is 11.3 Å². The molecule has 1 fully saturated rings. The number of halogens is 2. The van der Waals surface area contributed by atoms with Gasteiger partial charge in [0.1, 0.15) is 0 Å². The Hall–Kier alpha value is -2.55. The Bertz CT molecular complexity index is 884. The summed E-state index contributed by atoms with van der Waals surface area (Å²) >= 11 is 0. The predicted octanol–water partition coefficient (Wildman–Crippen LogP) is 3.08. The van der Waals surface area contributed by atoms with E-state index in [9.17, 15) is 18.4 Å². The Morgan fingerprint density at radius 1 is 1.32 bits per heavy atom. The second-order valence-corrected chi connectivity index (χ2v) is 7.98. The van der Waals surface area contributed by atoms with Crippen LogP contribution in [-0.4, -0.2) is 45.2 Å². The zero-order valence-corrected chi connectivity index (χ0v) is 16.0. The van der Waals surface area contributed by atoms with Gasteiger partial charge in [-0.2, -0.15) is 13.9 Å². The molecule has 3 heterocycles. The number of rotatable bonds is 7. The minimum absolute atomic E-state index is 0.153. The van der Waals surface area contributed by atoms with Gasteiger partial charge in [-0.15, -0.1) is 0 Å². The minimum atomic E-state index is -2.92. The molecule has 0 aromatic carbocycles. The van der Waals surface area contributed by atoms with E-state index in [-0.39, 0.29) is 11.3 Å². The van der Waals surface area contributed by atoms with Crippen LogP contribution in [0, 0.1) is 5.41 Å². The molecule has 1 aliphatic rings. The van der Waals surface area contributed by atoms with Gasteiger partial charge in [0.25, 0.3) is 5.56 Å². The van der Waals surface area contributed by atoms with Crippen LogP contribution in [0.3, 0.4) is 0 Å². The number of likely N-dealkylation sites (tertiary alicyclic amines) is 1. The van der Waals surface area contributed by atoms with Gasteiger partial charge in [0.2, 0.25) is 5.91 Å². The van der Waals surface area contributed by atoms with Crippen LogP contribution in [0.2, 0.25) is 0 Å². The summed E-state index contributed by atoms with van der Waals surface area (Å²) in [5.74, 6) is 0.159. The number of pyridine rings is 1. The molecule has 0 aliphatic carbocycles. The molecule has 0 saturated carbocycles. The summed E-state index contributed by atoms with van der Waals surface area (Å²) in [6.45, 7) is 4.22. The van der Waals surface area contributed by atoms with Crippen molar-refractivity contribution in [1.82, 2.24) is 19.7 Å². The maximum atomic E-state index is 12.9. The van der Waals surface area contributed by atoms with Gasteiger partial charge in [-0.05, 0) is 37.4 Å². The fraction of sp³-hybridized carbons (Fsp3) is 0.526. The molecule has 9 heteroatoms. The van der Waals surface area contributed by atoms with E-state index in [4.69, 9.17) is 0 Å². The molecule has 2 N–H and O–H groups in total. The number of amides is 1. The third kappa shape index (κ3) is 5.03. The van der Waals surface area contributed by atoms with Crippen molar-refractivity contribution >= 4 is 11.7 Å². The summed E-state index contributed by atoms with van der Waals surface area (Å²) in [5, 5.41) is 9.47. The Morgan fingerprint density at radius 3 is 2.71 bits per heavy atom. The predicted molar refractivity (Wildman–Crippen MR) is 102 cm³/mol. The summed E-state index contributed by atoms with van der Waals surface area (Å²) in [5.41, 5.74) is -0.143. The number of hydrogen-bond acceptors (Lipinski definition) is 4. The molecular weight excluding hydrogens is 368 g/mol. The van der Waals surface area contributed by atoms with Crippen molar-refractivity contribution in [3.63, 3.8) is 0 Å². The van der Waals surface area contributed by atoms with Crippen molar-refractivity contribution in [3.05, 3.63) is 34.7 Å². The lowest BCUT2D eigenvalue weighted by Gasteiger charge is -2.29. The van der Waals surface area contributed by atoms with Crippen molar-refractivity contribution in [1.29, 1.82) is 0 Å². The molecule has 1 amide bonds. The van der Waals surface area contributed by atoms with E-state index in [2.05, 4.69) is 34.3 Å². The lowest BCUT2D eigenvalue weighted by molar-refractivity contribution is -0.118. The zero-order chi connectivity index (χ0) is 20.3. The molecule has 1 aliphatic heterocycles. The number of hydrogen-bond donors (Lipinski definition) is 2. The molecule has 0 unspecified atom stereocenters. The van der Waals surface area contributed by atoms with Crippen LogP contribution in [0.15, 0.2) is 29.2 Å². The highest BCUT2D eigenvalue weighted by Gasteiger charge is 2.26. The molecule has 7 nitrogen and oxygen atoms in total. The number of aromatic nitrogens is 3. The van der Waals surface area contributed by atoms with Crippen LogP contribution in [0.25, 0.3) is 11.3 Å². The fourth-order valence-corrected chi connectivity index (χ4v) is 3.57. The van der Waals surface area contributed by atoms with Gasteiger partial charge in [0.15, 0.2) is 5.82 Å². The number of aromatic amines is 1. The molecule has 2 aromatic heterocycles. The molecule has 0 radical (unpaired) electrons. The summed E-state index contributed by atoms with van der Waals surface area (Å²) in [6.07, 6.45) is 3.82. The van der Waals surface area contributed by atoms with Crippen molar-refractivity contribution < 1.29 is 13.6 Å². The maximum absolute atomic E-state index is 12.9. The largest absolute Gasteiger partial charge is 0.321 e. The Morgan fingerprint density at radius 2 is 2.04 bits per heavy atom. The third-order valence-corrected chi connectivity index (χ3v) is 4.79. The van der Waals surface area contributed by atoms with Gasteiger partial charge in [-0.3, -0.25) is 19.3 Å². The zero-order valence-electron chi connectivity index (χ0n) is 16.0. The van der Waals surface area contributed by atoms with Gasteiger partial charge in [0.05, 0.1) is 5.69 Å². The standard InChI is InChI=1S/C19H25F2N5O2/c1-19(2,12-25-7-3-4-8-25)10-16(27)22-15-9-14(23-24-15)13-5-6-17(28)26(11-13)18(20)21/h5-6,9,11,18H,3-4,7-8,10,12H2,1-2H3,(H2,22,23,24,27). The topological polar surface area (TPSA) is 83.0 Å². The average Bonchev–Trinajstić information content (AvgIpc) is 3.26. The van der Waals surface area contributed by atoms with Crippen molar-refractivity contribution in [2.45, 2.75) is 39.7 Å². The summed E-state index contributed by atoms with van der Waals surface area (Å²) in [4.78, 5) is 26.2. The molecule has 152 valence electrons. The number of H-pyrrole nitrogens is 1. The number of alkyl halides is 2. The van der Waals surface area contributed by atoms with Crippen LogP contribution in [0.4, 0.5) is 14.6 Å². The lowest BCUT2D eigenvalue weighted by atomic mass is 9.88. The van der Waals surface area contributed by atoms with E-state index >= 15 is 0 Å².